The Balaban J connectivity index is 1.89. The number of aromatic amines is 1. The minimum atomic E-state index is -0.529. The SMILES string of the molecule is CC(C)(C)OC(=O)N1CCOC[C@H]1c1nc2ccc(Br)cc2[nH]1. The van der Waals surface area contributed by atoms with Gasteiger partial charge < -0.3 is 14.5 Å². The van der Waals surface area contributed by atoms with Gasteiger partial charge >= 0.3 is 6.09 Å². The normalized spacial score (nSPS) is 19.1. The third kappa shape index (κ3) is 3.67. The monoisotopic (exact) mass is 381 g/mol. The molecule has 6 nitrogen and oxygen atoms in total. The van der Waals surface area contributed by atoms with Crippen molar-refractivity contribution in [1.29, 1.82) is 0 Å². The van der Waals surface area contributed by atoms with Crippen LogP contribution in [0.2, 0.25) is 0 Å². The first-order valence-electron chi connectivity index (χ1n) is 7.56. The molecule has 0 aliphatic carbocycles. The molecule has 0 saturated carbocycles. The van der Waals surface area contributed by atoms with Crippen LogP contribution in [0.15, 0.2) is 22.7 Å². The lowest BCUT2D eigenvalue weighted by molar-refractivity contribution is -0.0348. The Kier molecular flexibility index (Phi) is 4.33. The molecule has 1 aromatic heterocycles. The van der Waals surface area contributed by atoms with E-state index >= 15 is 0 Å². The number of benzene rings is 1. The summed E-state index contributed by atoms with van der Waals surface area (Å²) < 4.78 is 12.0. The van der Waals surface area contributed by atoms with Gasteiger partial charge in [0.2, 0.25) is 0 Å². The van der Waals surface area contributed by atoms with Crippen molar-refractivity contribution in [2.75, 3.05) is 19.8 Å². The maximum atomic E-state index is 12.5. The maximum absolute atomic E-state index is 12.5. The van der Waals surface area contributed by atoms with Crippen LogP contribution in [0.3, 0.4) is 0 Å². The molecular formula is C16H20BrN3O3. The molecule has 2 aromatic rings. The molecule has 124 valence electrons. The van der Waals surface area contributed by atoms with Crippen LogP contribution in [0.1, 0.15) is 32.6 Å². The number of carbonyl (C=O) groups is 1. The fourth-order valence-electron chi connectivity index (χ4n) is 2.53. The highest BCUT2D eigenvalue weighted by molar-refractivity contribution is 9.10. The maximum Gasteiger partial charge on any atom is 0.411 e. The third-order valence-electron chi connectivity index (χ3n) is 3.53. The van der Waals surface area contributed by atoms with Crippen molar-refractivity contribution in [1.82, 2.24) is 14.9 Å². The van der Waals surface area contributed by atoms with E-state index in [1.54, 1.807) is 4.90 Å². The van der Waals surface area contributed by atoms with E-state index in [0.717, 1.165) is 15.5 Å². The first kappa shape index (κ1) is 16.3. The largest absolute Gasteiger partial charge is 0.444 e. The van der Waals surface area contributed by atoms with E-state index in [-0.39, 0.29) is 12.1 Å². The zero-order valence-corrected chi connectivity index (χ0v) is 15.0. The highest BCUT2D eigenvalue weighted by Gasteiger charge is 2.33. The molecule has 1 N–H and O–H groups in total. The molecule has 1 aromatic carbocycles. The fourth-order valence-corrected chi connectivity index (χ4v) is 2.89. The summed E-state index contributed by atoms with van der Waals surface area (Å²) in [5.74, 6) is 0.712. The van der Waals surface area contributed by atoms with Crippen LogP contribution in [0.4, 0.5) is 4.79 Å². The van der Waals surface area contributed by atoms with Gasteiger partial charge in [0.15, 0.2) is 0 Å². The van der Waals surface area contributed by atoms with E-state index in [4.69, 9.17) is 9.47 Å². The predicted octanol–water partition coefficient (Wildman–Crippen LogP) is 3.63. The van der Waals surface area contributed by atoms with Gasteiger partial charge in [-0.1, -0.05) is 15.9 Å². The molecule has 1 aliphatic rings. The van der Waals surface area contributed by atoms with E-state index in [1.165, 1.54) is 0 Å². The van der Waals surface area contributed by atoms with Crippen molar-refractivity contribution in [2.45, 2.75) is 32.4 Å². The van der Waals surface area contributed by atoms with E-state index in [2.05, 4.69) is 25.9 Å². The van der Waals surface area contributed by atoms with Gasteiger partial charge in [0.05, 0.1) is 24.2 Å². The third-order valence-corrected chi connectivity index (χ3v) is 4.03. The van der Waals surface area contributed by atoms with Crippen LogP contribution in [0, 0.1) is 0 Å². The highest BCUT2D eigenvalue weighted by Crippen LogP contribution is 2.27. The first-order valence-corrected chi connectivity index (χ1v) is 8.35. The zero-order valence-electron chi connectivity index (χ0n) is 13.4. The van der Waals surface area contributed by atoms with Crippen LogP contribution < -0.4 is 0 Å². The van der Waals surface area contributed by atoms with Gasteiger partial charge in [-0.3, -0.25) is 4.90 Å². The number of hydrogen-bond acceptors (Lipinski definition) is 4. The summed E-state index contributed by atoms with van der Waals surface area (Å²) in [6.07, 6.45) is -0.340. The molecule has 7 heteroatoms. The average Bonchev–Trinajstić information content (AvgIpc) is 2.88. The summed E-state index contributed by atoms with van der Waals surface area (Å²) in [4.78, 5) is 22.0. The van der Waals surface area contributed by atoms with Crippen molar-refractivity contribution >= 4 is 33.1 Å². The molecule has 1 atom stereocenters. The standard InChI is InChI=1S/C16H20BrN3O3/c1-16(2,3)23-15(21)20-6-7-22-9-13(20)14-18-11-5-4-10(17)8-12(11)19-14/h4-5,8,13H,6-7,9H2,1-3H3,(H,18,19)/t13-/m0/s1. The molecule has 23 heavy (non-hydrogen) atoms. The number of imidazole rings is 1. The molecule has 3 rings (SSSR count). The number of amides is 1. The number of nitrogens with one attached hydrogen (secondary N) is 1. The molecule has 0 radical (unpaired) electrons. The van der Waals surface area contributed by atoms with Crippen LogP contribution in [-0.2, 0) is 9.47 Å². The summed E-state index contributed by atoms with van der Waals surface area (Å²) in [5.41, 5.74) is 1.25. The van der Waals surface area contributed by atoms with Gasteiger partial charge in [0.1, 0.15) is 17.5 Å². The number of carbonyl (C=O) groups excluding carboxylic acids is 1. The Hall–Kier alpha value is -1.60. The van der Waals surface area contributed by atoms with E-state index in [0.29, 0.717) is 25.6 Å². The van der Waals surface area contributed by atoms with Crippen molar-refractivity contribution in [3.8, 4) is 0 Å². The lowest BCUT2D eigenvalue weighted by Gasteiger charge is -2.35. The van der Waals surface area contributed by atoms with Crippen molar-refractivity contribution < 1.29 is 14.3 Å². The molecule has 2 heterocycles. The van der Waals surface area contributed by atoms with Gasteiger partial charge in [-0.2, -0.15) is 0 Å². The fraction of sp³-hybridized carbons (Fsp3) is 0.500. The number of rotatable bonds is 1. The molecule has 0 unspecified atom stereocenters. The number of aromatic nitrogens is 2. The quantitative estimate of drug-likeness (QED) is 0.818. The number of halogens is 1. The molecule has 0 spiro atoms. The first-order chi connectivity index (χ1) is 10.8. The van der Waals surface area contributed by atoms with Crippen molar-refractivity contribution in [3.05, 3.63) is 28.5 Å². The number of hydrogen-bond donors (Lipinski definition) is 1. The second kappa shape index (κ2) is 6.13. The van der Waals surface area contributed by atoms with Gasteiger partial charge in [-0.25, -0.2) is 9.78 Å². The Morgan fingerprint density at radius 3 is 3.00 bits per heavy atom. The lowest BCUT2D eigenvalue weighted by Crippen LogP contribution is -2.46. The van der Waals surface area contributed by atoms with Gasteiger partial charge in [-0.15, -0.1) is 0 Å². The molecule has 1 aliphatic heterocycles. The number of morpholine rings is 1. The van der Waals surface area contributed by atoms with Crippen LogP contribution in [-0.4, -0.2) is 46.3 Å². The minimum absolute atomic E-state index is 0.273. The Morgan fingerprint density at radius 1 is 1.48 bits per heavy atom. The summed E-state index contributed by atoms with van der Waals surface area (Å²) >= 11 is 3.45. The molecule has 0 bridgehead atoms. The average molecular weight is 382 g/mol. The summed E-state index contributed by atoms with van der Waals surface area (Å²) in [7, 11) is 0. The van der Waals surface area contributed by atoms with Crippen LogP contribution in [0.5, 0.6) is 0 Å². The van der Waals surface area contributed by atoms with Crippen molar-refractivity contribution in [2.24, 2.45) is 0 Å². The minimum Gasteiger partial charge on any atom is -0.444 e. The number of fused-ring (bicyclic) bond motifs is 1. The topological polar surface area (TPSA) is 67.4 Å². The number of nitrogens with zero attached hydrogens (tertiary/aromatic N) is 2. The lowest BCUT2D eigenvalue weighted by atomic mass is 10.2. The molecule has 1 fully saturated rings. The summed E-state index contributed by atoms with van der Waals surface area (Å²) in [5, 5.41) is 0. The molecule has 1 saturated heterocycles. The van der Waals surface area contributed by atoms with E-state index < -0.39 is 5.60 Å². The van der Waals surface area contributed by atoms with E-state index in [9.17, 15) is 4.79 Å². The Bertz CT molecular complexity index is 723. The zero-order chi connectivity index (χ0) is 16.6. The van der Waals surface area contributed by atoms with E-state index in [1.807, 2.05) is 39.0 Å². The number of ether oxygens (including phenoxy) is 2. The van der Waals surface area contributed by atoms with Gasteiger partial charge in [0.25, 0.3) is 0 Å². The van der Waals surface area contributed by atoms with Crippen LogP contribution in [0.25, 0.3) is 11.0 Å². The predicted molar refractivity (Wildman–Crippen MR) is 90.3 cm³/mol. The highest BCUT2D eigenvalue weighted by atomic mass is 79.9. The number of H-pyrrole nitrogens is 1. The van der Waals surface area contributed by atoms with Gasteiger partial charge in [0, 0.05) is 11.0 Å². The second-order valence-corrected chi connectivity index (χ2v) is 7.46. The summed E-state index contributed by atoms with van der Waals surface area (Å²) in [6, 6.07) is 5.56. The Morgan fingerprint density at radius 2 is 2.26 bits per heavy atom. The molecular weight excluding hydrogens is 362 g/mol. The van der Waals surface area contributed by atoms with Crippen LogP contribution >= 0.6 is 15.9 Å². The summed E-state index contributed by atoms with van der Waals surface area (Å²) in [6.45, 7) is 6.97. The van der Waals surface area contributed by atoms with Crippen molar-refractivity contribution in [3.63, 3.8) is 0 Å². The smallest absolute Gasteiger partial charge is 0.411 e. The van der Waals surface area contributed by atoms with Gasteiger partial charge in [-0.05, 0) is 39.0 Å². The Labute approximate surface area is 143 Å². The molecule has 1 amide bonds. The second-order valence-electron chi connectivity index (χ2n) is 6.55.